The zero-order valence-corrected chi connectivity index (χ0v) is 9.31. The van der Waals surface area contributed by atoms with Gasteiger partial charge >= 0.3 is 0 Å². The van der Waals surface area contributed by atoms with Crippen molar-refractivity contribution < 1.29 is 9.84 Å². The van der Waals surface area contributed by atoms with Crippen LogP contribution in [0.5, 0.6) is 5.75 Å². The topological polar surface area (TPSA) is 41.5 Å². The fourth-order valence-electron chi connectivity index (χ4n) is 1.21. The second kappa shape index (κ2) is 6.43. The van der Waals surface area contributed by atoms with Crippen LogP contribution < -0.4 is 10.1 Å². The van der Waals surface area contributed by atoms with Crippen LogP contribution in [0.1, 0.15) is 20.3 Å². The normalized spacial score (nSPS) is 12.8. The van der Waals surface area contributed by atoms with E-state index in [1.54, 1.807) is 0 Å². The molecule has 3 nitrogen and oxygen atoms in total. The molecule has 0 bridgehead atoms. The average Bonchev–Trinajstić information content (AvgIpc) is 2.18. The number of benzene rings is 1. The molecule has 0 aliphatic heterocycles. The van der Waals surface area contributed by atoms with E-state index < -0.39 is 6.29 Å². The lowest BCUT2D eigenvalue weighted by Crippen LogP contribution is -2.28. The molecule has 0 saturated carbocycles. The van der Waals surface area contributed by atoms with Crippen LogP contribution in [-0.4, -0.2) is 24.0 Å². The maximum absolute atomic E-state index is 9.55. The highest BCUT2D eigenvalue weighted by Gasteiger charge is 2.05. The lowest BCUT2D eigenvalue weighted by atomic mass is 10.3. The Labute approximate surface area is 91.1 Å². The van der Waals surface area contributed by atoms with Crippen molar-refractivity contribution in [3.8, 4) is 5.75 Å². The largest absolute Gasteiger partial charge is 0.465 e. The Morgan fingerprint density at radius 1 is 1.27 bits per heavy atom. The molecule has 0 aromatic heterocycles. The predicted octanol–water partition coefficient (Wildman–Crippen LogP) is 1.77. The van der Waals surface area contributed by atoms with Crippen LogP contribution in [0.25, 0.3) is 0 Å². The molecule has 0 radical (unpaired) electrons. The van der Waals surface area contributed by atoms with Crippen LogP contribution >= 0.6 is 0 Å². The lowest BCUT2D eigenvalue weighted by Gasteiger charge is -2.14. The highest BCUT2D eigenvalue weighted by molar-refractivity contribution is 5.20. The first kappa shape index (κ1) is 12.0. The van der Waals surface area contributed by atoms with Crippen molar-refractivity contribution in [1.29, 1.82) is 0 Å². The summed E-state index contributed by atoms with van der Waals surface area (Å²) in [5.41, 5.74) is 0. The van der Waals surface area contributed by atoms with E-state index in [9.17, 15) is 5.11 Å². The van der Waals surface area contributed by atoms with Gasteiger partial charge in [-0.25, -0.2) is 0 Å². The summed E-state index contributed by atoms with van der Waals surface area (Å²) >= 11 is 0. The molecule has 1 aromatic carbocycles. The van der Waals surface area contributed by atoms with E-state index in [1.807, 2.05) is 30.3 Å². The molecule has 0 saturated heterocycles. The minimum Gasteiger partial charge on any atom is -0.465 e. The fraction of sp³-hybridized carbons (Fsp3) is 0.500. The first-order chi connectivity index (χ1) is 7.18. The van der Waals surface area contributed by atoms with E-state index >= 15 is 0 Å². The van der Waals surface area contributed by atoms with Gasteiger partial charge < -0.3 is 15.2 Å². The van der Waals surface area contributed by atoms with E-state index in [2.05, 4.69) is 19.2 Å². The zero-order chi connectivity index (χ0) is 11.1. The third-order valence-corrected chi connectivity index (χ3v) is 1.96. The van der Waals surface area contributed by atoms with E-state index in [1.165, 1.54) is 0 Å². The number of rotatable bonds is 6. The van der Waals surface area contributed by atoms with Gasteiger partial charge in [-0.15, -0.1) is 0 Å². The first-order valence-corrected chi connectivity index (χ1v) is 5.31. The van der Waals surface area contributed by atoms with Crippen LogP contribution in [0.4, 0.5) is 0 Å². The van der Waals surface area contributed by atoms with E-state index in [0.717, 1.165) is 6.54 Å². The summed E-state index contributed by atoms with van der Waals surface area (Å²) in [6.07, 6.45) is -0.147. The Kier molecular flexibility index (Phi) is 5.15. The number of hydrogen-bond acceptors (Lipinski definition) is 3. The van der Waals surface area contributed by atoms with Gasteiger partial charge in [0.1, 0.15) is 5.75 Å². The Balaban J connectivity index is 2.21. The highest BCUT2D eigenvalue weighted by atomic mass is 16.6. The van der Waals surface area contributed by atoms with Gasteiger partial charge in [0.2, 0.25) is 0 Å². The molecule has 84 valence electrons. The summed E-state index contributed by atoms with van der Waals surface area (Å²) in [4.78, 5) is 0. The third kappa shape index (κ3) is 5.40. The molecule has 1 aromatic rings. The molecule has 0 spiro atoms. The van der Waals surface area contributed by atoms with E-state index in [0.29, 0.717) is 18.2 Å². The molecular weight excluding hydrogens is 190 g/mol. The van der Waals surface area contributed by atoms with Gasteiger partial charge in [0.15, 0.2) is 6.29 Å². The van der Waals surface area contributed by atoms with Crippen molar-refractivity contribution in [2.45, 2.75) is 32.6 Å². The molecule has 15 heavy (non-hydrogen) atoms. The van der Waals surface area contributed by atoms with E-state index in [-0.39, 0.29) is 0 Å². The minimum atomic E-state index is -0.737. The van der Waals surface area contributed by atoms with Gasteiger partial charge in [-0.05, 0) is 12.1 Å². The van der Waals surface area contributed by atoms with Crippen molar-refractivity contribution in [1.82, 2.24) is 5.32 Å². The molecule has 1 unspecified atom stereocenters. The van der Waals surface area contributed by atoms with Crippen molar-refractivity contribution in [3.63, 3.8) is 0 Å². The first-order valence-electron chi connectivity index (χ1n) is 5.31. The Hall–Kier alpha value is -1.06. The quantitative estimate of drug-likeness (QED) is 0.702. The van der Waals surface area contributed by atoms with Crippen LogP contribution in [0.3, 0.4) is 0 Å². The summed E-state index contributed by atoms with van der Waals surface area (Å²) in [5, 5.41) is 12.8. The lowest BCUT2D eigenvalue weighted by molar-refractivity contribution is -0.0226. The molecule has 3 heteroatoms. The molecule has 0 aliphatic rings. The van der Waals surface area contributed by atoms with Gasteiger partial charge in [0.05, 0.1) is 0 Å². The fourth-order valence-corrected chi connectivity index (χ4v) is 1.21. The monoisotopic (exact) mass is 209 g/mol. The molecule has 1 atom stereocenters. The SMILES string of the molecule is CC(C)NCCC(O)Oc1ccccc1. The number of aliphatic hydroxyl groups is 1. The second-order valence-electron chi connectivity index (χ2n) is 3.78. The number of nitrogens with one attached hydrogen (secondary N) is 1. The van der Waals surface area contributed by atoms with Crippen LogP contribution in [0.15, 0.2) is 30.3 Å². The molecule has 1 rings (SSSR count). The van der Waals surface area contributed by atoms with Crippen LogP contribution in [0, 0.1) is 0 Å². The van der Waals surface area contributed by atoms with Gasteiger partial charge in [-0.2, -0.15) is 0 Å². The maximum Gasteiger partial charge on any atom is 0.198 e. The van der Waals surface area contributed by atoms with Crippen molar-refractivity contribution in [3.05, 3.63) is 30.3 Å². The number of para-hydroxylation sites is 1. The number of aliphatic hydroxyl groups excluding tert-OH is 1. The molecule has 0 fully saturated rings. The second-order valence-corrected chi connectivity index (χ2v) is 3.78. The maximum atomic E-state index is 9.55. The van der Waals surface area contributed by atoms with Crippen molar-refractivity contribution >= 4 is 0 Å². The van der Waals surface area contributed by atoms with E-state index in [4.69, 9.17) is 4.74 Å². The van der Waals surface area contributed by atoms with Crippen LogP contribution in [-0.2, 0) is 0 Å². The minimum absolute atomic E-state index is 0.439. The van der Waals surface area contributed by atoms with Crippen molar-refractivity contribution in [2.24, 2.45) is 0 Å². The summed E-state index contributed by atoms with van der Waals surface area (Å²) in [6.45, 7) is 4.90. The smallest absolute Gasteiger partial charge is 0.198 e. The summed E-state index contributed by atoms with van der Waals surface area (Å²) in [5.74, 6) is 0.703. The number of hydrogen-bond donors (Lipinski definition) is 2. The highest BCUT2D eigenvalue weighted by Crippen LogP contribution is 2.10. The third-order valence-electron chi connectivity index (χ3n) is 1.96. The van der Waals surface area contributed by atoms with Gasteiger partial charge in [0, 0.05) is 19.0 Å². The van der Waals surface area contributed by atoms with Gasteiger partial charge in [-0.3, -0.25) is 0 Å². The Morgan fingerprint density at radius 2 is 1.93 bits per heavy atom. The molecule has 0 amide bonds. The zero-order valence-electron chi connectivity index (χ0n) is 9.31. The molecule has 2 N–H and O–H groups in total. The van der Waals surface area contributed by atoms with Gasteiger partial charge in [-0.1, -0.05) is 32.0 Å². The summed E-state index contributed by atoms with van der Waals surface area (Å²) in [7, 11) is 0. The van der Waals surface area contributed by atoms with Crippen LogP contribution in [0.2, 0.25) is 0 Å². The molecule has 0 aliphatic carbocycles. The standard InChI is InChI=1S/C12H19NO2/c1-10(2)13-9-8-12(14)15-11-6-4-3-5-7-11/h3-7,10,12-14H,8-9H2,1-2H3. The van der Waals surface area contributed by atoms with Gasteiger partial charge in [0.25, 0.3) is 0 Å². The summed E-state index contributed by atoms with van der Waals surface area (Å²) in [6, 6.07) is 9.79. The van der Waals surface area contributed by atoms with Crippen molar-refractivity contribution in [2.75, 3.05) is 6.54 Å². The molecule has 0 heterocycles. The summed E-state index contributed by atoms with van der Waals surface area (Å²) < 4.78 is 5.31. The predicted molar refractivity (Wildman–Crippen MR) is 60.8 cm³/mol. The average molecular weight is 209 g/mol. The number of ether oxygens (including phenoxy) is 1. The Morgan fingerprint density at radius 3 is 2.53 bits per heavy atom. The molecular formula is C12H19NO2. The Bertz CT molecular complexity index is 262.